The summed E-state index contributed by atoms with van der Waals surface area (Å²) < 4.78 is 7.30. The number of anilines is 1. The maximum atomic E-state index is 12.5. The molecule has 0 N–H and O–H groups in total. The van der Waals surface area contributed by atoms with Crippen LogP contribution in [0.5, 0.6) is 0 Å². The van der Waals surface area contributed by atoms with Crippen LogP contribution in [0, 0.1) is 0 Å². The van der Waals surface area contributed by atoms with Crippen LogP contribution in [0.15, 0.2) is 35.1 Å². The summed E-state index contributed by atoms with van der Waals surface area (Å²) in [5.41, 5.74) is 0.119. The first-order valence-corrected chi connectivity index (χ1v) is 8.06. The van der Waals surface area contributed by atoms with Crippen molar-refractivity contribution in [2.45, 2.75) is 13.1 Å². The molecule has 130 valence electrons. The number of aromatic nitrogens is 3. The van der Waals surface area contributed by atoms with E-state index in [0.717, 1.165) is 9.25 Å². The average Bonchev–Trinajstić information content (AvgIpc) is 3.13. The van der Waals surface area contributed by atoms with E-state index in [4.69, 9.17) is 4.74 Å². The number of hydrogen-bond donors (Lipinski definition) is 0. The molecular formula is C16H17N5O4. The molecule has 2 aliphatic heterocycles. The summed E-state index contributed by atoms with van der Waals surface area (Å²) in [6, 6.07) is 8.64. The van der Waals surface area contributed by atoms with Gasteiger partial charge in [-0.25, -0.2) is 14.3 Å². The molecule has 0 spiro atoms. The van der Waals surface area contributed by atoms with Gasteiger partial charge in [-0.3, -0.25) is 9.69 Å². The molecule has 0 radical (unpaired) electrons. The predicted molar refractivity (Wildman–Crippen MR) is 87.3 cm³/mol. The number of amides is 2. The molecule has 0 atom stereocenters. The Morgan fingerprint density at radius 3 is 2.52 bits per heavy atom. The summed E-state index contributed by atoms with van der Waals surface area (Å²) in [4.78, 5) is 40.4. The Hall–Kier alpha value is -2.94. The molecule has 1 aromatic heterocycles. The van der Waals surface area contributed by atoms with Crippen molar-refractivity contribution >= 4 is 17.6 Å². The third-order valence-electron chi connectivity index (χ3n) is 4.34. The van der Waals surface area contributed by atoms with E-state index in [2.05, 4.69) is 5.10 Å². The SMILES string of the molecule is O=C(Cn1nc2n(c1=O)C(=O)N(c1ccccc1)C2)N1CCOCC1. The monoisotopic (exact) mass is 343 g/mol. The Balaban J connectivity index is 1.54. The molecule has 0 unspecified atom stereocenters. The highest BCUT2D eigenvalue weighted by molar-refractivity contribution is 5.96. The molecule has 0 bridgehead atoms. The Labute approximate surface area is 143 Å². The highest BCUT2D eigenvalue weighted by atomic mass is 16.5. The molecule has 2 amide bonds. The van der Waals surface area contributed by atoms with Crippen LogP contribution in [0.25, 0.3) is 0 Å². The Bertz CT molecular complexity index is 866. The van der Waals surface area contributed by atoms with Crippen molar-refractivity contribution in [1.82, 2.24) is 19.2 Å². The molecule has 1 aromatic carbocycles. The molecule has 25 heavy (non-hydrogen) atoms. The molecule has 4 rings (SSSR count). The standard InChI is InChI=1S/C16H17N5O4/c22-14(18-6-8-25-9-7-18)11-20-16(24)21-13(17-20)10-19(15(21)23)12-4-2-1-3-5-12/h1-5H,6-11H2. The summed E-state index contributed by atoms with van der Waals surface area (Å²) in [5.74, 6) is 0.142. The molecule has 2 aliphatic rings. The zero-order chi connectivity index (χ0) is 17.4. The third-order valence-corrected chi connectivity index (χ3v) is 4.34. The lowest BCUT2D eigenvalue weighted by atomic mass is 10.3. The first-order chi connectivity index (χ1) is 12.1. The van der Waals surface area contributed by atoms with Gasteiger partial charge in [0.15, 0.2) is 5.82 Å². The number of rotatable bonds is 3. The van der Waals surface area contributed by atoms with Gasteiger partial charge in [-0.1, -0.05) is 18.2 Å². The van der Waals surface area contributed by atoms with Crippen LogP contribution in [-0.4, -0.2) is 57.5 Å². The number of hydrogen-bond acceptors (Lipinski definition) is 5. The van der Waals surface area contributed by atoms with E-state index in [0.29, 0.717) is 37.8 Å². The molecule has 9 nitrogen and oxygen atoms in total. The minimum Gasteiger partial charge on any atom is -0.378 e. The molecule has 2 aromatic rings. The highest BCUT2D eigenvalue weighted by Crippen LogP contribution is 2.21. The van der Waals surface area contributed by atoms with Crippen molar-refractivity contribution in [3.63, 3.8) is 0 Å². The van der Waals surface area contributed by atoms with Gasteiger partial charge < -0.3 is 9.64 Å². The van der Waals surface area contributed by atoms with Crippen LogP contribution in [0.1, 0.15) is 5.82 Å². The number of benzene rings is 1. The van der Waals surface area contributed by atoms with Gasteiger partial charge in [-0.05, 0) is 12.1 Å². The van der Waals surface area contributed by atoms with E-state index in [9.17, 15) is 14.4 Å². The lowest BCUT2D eigenvalue weighted by Gasteiger charge is -2.26. The average molecular weight is 343 g/mol. The summed E-state index contributed by atoms with van der Waals surface area (Å²) >= 11 is 0. The van der Waals surface area contributed by atoms with Gasteiger partial charge in [0.25, 0.3) is 0 Å². The van der Waals surface area contributed by atoms with Gasteiger partial charge in [0.1, 0.15) is 6.54 Å². The maximum absolute atomic E-state index is 12.5. The fourth-order valence-electron chi connectivity index (χ4n) is 3.03. The Morgan fingerprint density at radius 2 is 1.84 bits per heavy atom. The van der Waals surface area contributed by atoms with E-state index in [1.165, 1.54) is 4.90 Å². The predicted octanol–water partition coefficient (Wildman–Crippen LogP) is -0.108. The zero-order valence-corrected chi connectivity index (χ0v) is 13.5. The number of ether oxygens (including phenoxy) is 1. The highest BCUT2D eigenvalue weighted by Gasteiger charge is 2.34. The molecule has 0 aliphatic carbocycles. The topological polar surface area (TPSA) is 89.7 Å². The van der Waals surface area contributed by atoms with Gasteiger partial charge >= 0.3 is 11.7 Å². The van der Waals surface area contributed by atoms with Gasteiger partial charge in [0.05, 0.1) is 19.8 Å². The summed E-state index contributed by atoms with van der Waals surface area (Å²) in [6.45, 7) is 2.02. The van der Waals surface area contributed by atoms with Crippen molar-refractivity contribution in [1.29, 1.82) is 0 Å². The first kappa shape index (κ1) is 15.6. The zero-order valence-electron chi connectivity index (χ0n) is 13.5. The van der Waals surface area contributed by atoms with Crippen molar-refractivity contribution in [3.05, 3.63) is 46.6 Å². The van der Waals surface area contributed by atoms with Crippen LogP contribution in [0.4, 0.5) is 10.5 Å². The fourth-order valence-corrected chi connectivity index (χ4v) is 3.03. The van der Waals surface area contributed by atoms with Crippen LogP contribution < -0.4 is 10.6 Å². The van der Waals surface area contributed by atoms with Crippen LogP contribution in [0.2, 0.25) is 0 Å². The van der Waals surface area contributed by atoms with Crippen molar-refractivity contribution < 1.29 is 14.3 Å². The number of morpholine rings is 1. The van der Waals surface area contributed by atoms with Crippen LogP contribution in [-0.2, 0) is 22.6 Å². The Morgan fingerprint density at radius 1 is 1.12 bits per heavy atom. The van der Waals surface area contributed by atoms with Crippen LogP contribution >= 0.6 is 0 Å². The van der Waals surface area contributed by atoms with E-state index in [1.807, 2.05) is 18.2 Å². The number of nitrogens with zero attached hydrogens (tertiary/aromatic N) is 5. The van der Waals surface area contributed by atoms with Crippen molar-refractivity contribution in [3.8, 4) is 0 Å². The molecule has 3 heterocycles. The molecule has 1 fully saturated rings. The number of fused-ring (bicyclic) bond motifs is 1. The van der Waals surface area contributed by atoms with Crippen LogP contribution in [0.3, 0.4) is 0 Å². The van der Waals surface area contributed by atoms with E-state index in [-0.39, 0.29) is 19.0 Å². The summed E-state index contributed by atoms with van der Waals surface area (Å²) in [6.07, 6.45) is 0. The van der Waals surface area contributed by atoms with Gasteiger partial charge in [0.2, 0.25) is 5.91 Å². The molecular weight excluding hydrogens is 326 g/mol. The fraction of sp³-hybridized carbons (Fsp3) is 0.375. The lowest BCUT2D eigenvalue weighted by molar-refractivity contribution is -0.136. The second kappa shape index (κ2) is 6.17. The van der Waals surface area contributed by atoms with Gasteiger partial charge in [-0.15, -0.1) is 0 Å². The summed E-state index contributed by atoms with van der Waals surface area (Å²) in [7, 11) is 0. The second-order valence-electron chi connectivity index (χ2n) is 5.89. The molecule has 9 heteroatoms. The number of carbonyl (C=O) groups excluding carboxylic acids is 2. The normalized spacial score (nSPS) is 17.0. The first-order valence-electron chi connectivity index (χ1n) is 8.06. The summed E-state index contributed by atoms with van der Waals surface area (Å²) in [5, 5.41) is 4.18. The van der Waals surface area contributed by atoms with E-state index < -0.39 is 11.7 Å². The second-order valence-corrected chi connectivity index (χ2v) is 5.89. The van der Waals surface area contributed by atoms with Gasteiger partial charge in [0, 0.05) is 18.8 Å². The maximum Gasteiger partial charge on any atom is 0.354 e. The lowest BCUT2D eigenvalue weighted by Crippen LogP contribution is -2.44. The molecule has 1 saturated heterocycles. The minimum absolute atomic E-state index is 0.169. The van der Waals surface area contributed by atoms with Crippen molar-refractivity contribution in [2.75, 3.05) is 31.2 Å². The van der Waals surface area contributed by atoms with E-state index in [1.54, 1.807) is 17.0 Å². The smallest absolute Gasteiger partial charge is 0.354 e. The quantitative estimate of drug-likeness (QED) is 0.776. The Kier molecular flexibility index (Phi) is 3.85. The van der Waals surface area contributed by atoms with Gasteiger partial charge in [-0.2, -0.15) is 9.67 Å². The third kappa shape index (κ3) is 2.72. The number of carbonyl (C=O) groups is 2. The number of para-hydroxylation sites is 1. The molecule has 0 saturated carbocycles. The van der Waals surface area contributed by atoms with E-state index >= 15 is 0 Å². The largest absolute Gasteiger partial charge is 0.378 e. The minimum atomic E-state index is -0.583. The van der Waals surface area contributed by atoms with Crippen molar-refractivity contribution in [2.24, 2.45) is 0 Å².